The molecule has 162 valence electrons. The van der Waals surface area contributed by atoms with Crippen LogP contribution < -0.4 is 5.56 Å². The number of fused-ring (bicyclic) bond motifs is 2. The smallest absolute Gasteiger partial charge is 0.261 e. The van der Waals surface area contributed by atoms with Gasteiger partial charge < -0.3 is 10.0 Å². The summed E-state index contributed by atoms with van der Waals surface area (Å²) in [5.74, 6) is 0.602. The van der Waals surface area contributed by atoms with Crippen LogP contribution >= 0.6 is 0 Å². The molecule has 2 heterocycles. The van der Waals surface area contributed by atoms with E-state index in [2.05, 4.69) is 17.0 Å². The van der Waals surface area contributed by atoms with E-state index in [0.29, 0.717) is 36.0 Å². The fraction of sp³-hybridized carbons (Fsp3) is 0.375. The summed E-state index contributed by atoms with van der Waals surface area (Å²) < 4.78 is 1.78. The number of aromatic nitrogens is 2. The van der Waals surface area contributed by atoms with Gasteiger partial charge in [0.25, 0.3) is 11.5 Å². The first-order valence-corrected chi connectivity index (χ1v) is 10.8. The summed E-state index contributed by atoms with van der Waals surface area (Å²) in [4.78, 5) is 34.6. The van der Waals surface area contributed by atoms with Crippen LogP contribution in [0, 0.1) is 0 Å². The van der Waals surface area contributed by atoms with Crippen molar-refractivity contribution < 1.29 is 9.90 Å². The highest BCUT2D eigenvalue weighted by atomic mass is 16.3. The molecule has 1 aliphatic heterocycles. The van der Waals surface area contributed by atoms with Crippen LogP contribution in [-0.4, -0.2) is 63.2 Å². The van der Waals surface area contributed by atoms with Crippen molar-refractivity contribution in [1.82, 2.24) is 19.4 Å². The average Bonchev–Trinajstić information content (AvgIpc) is 3.00. The molecular formula is C24H28N4O3. The molecule has 4 rings (SSSR count). The predicted octanol–water partition coefficient (Wildman–Crippen LogP) is 1.91. The van der Waals surface area contributed by atoms with Gasteiger partial charge in [-0.15, -0.1) is 0 Å². The summed E-state index contributed by atoms with van der Waals surface area (Å²) in [6, 6.07) is 15.4. The van der Waals surface area contributed by atoms with Crippen LogP contribution in [0.15, 0.2) is 53.3 Å². The van der Waals surface area contributed by atoms with Gasteiger partial charge in [-0.1, -0.05) is 30.3 Å². The topological polar surface area (TPSA) is 78.7 Å². The second-order valence-electron chi connectivity index (χ2n) is 7.84. The van der Waals surface area contributed by atoms with Crippen molar-refractivity contribution in [1.29, 1.82) is 0 Å². The lowest BCUT2D eigenvalue weighted by molar-refractivity contribution is 0.0732. The van der Waals surface area contributed by atoms with E-state index in [4.69, 9.17) is 4.98 Å². The lowest BCUT2D eigenvalue weighted by Gasteiger charge is -2.20. The molecule has 31 heavy (non-hydrogen) atoms. The highest BCUT2D eigenvalue weighted by Crippen LogP contribution is 2.16. The Hall–Kier alpha value is -3.03. The van der Waals surface area contributed by atoms with Crippen LogP contribution in [0.2, 0.25) is 0 Å². The Bertz CT molecular complexity index is 1130. The van der Waals surface area contributed by atoms with E-state index < -0.39 is 0 Å². The Morgan fingerprint density at radius 2 is 1.94 bits per heavy atom. The number of nitrogens with zero attached hydrogens (tertiary/aromatic N) is 4. The first-order chi connectivity index (χ1) is 15.1. The molecule has 7 nitrogen and oxygen atoms in total. The fourth-order valence-corrected chi connectivity index (χ4v) is 4.14. The summed E-state index contributed by atoms with van der Waals surface area (Å²) in [6.45, 7) is 5.65. The molecule has 0 unspecified atom stereocenters. The first-order valence-electron chi connectivity index (χ1n) is 10.8. The van der Waals surface area contributed by atoms with Crippen molar-refractivity contribution in [2.75, 3.05) is 32.8 Å². The molecular weight excluding hydrogens is 392 g/mol. The molecule has 0 saturated heterocycles. The van der Waals surface area contributed by atoms with E-state index >= 15 is 0 Å². The Kier molecular flexibility index (Phi) is 6.44. The number of aliphatic hydroxyl groups excluding tert-OH is 1. The van der Waals surface area contributed by atoms with Crippen molar-refractivity contribution in [3.63, 3.8) is 0 Å². The van der Waals surface area contributed by atoms with E-state index in [9.17, 15) is 14.7 Å². The van der Waals surface area contributed by atoms with Gasteiger partial charge in [-0.05, 0) is 30.7 Å². The molecule has 0 atom stereocenters. The van der Waals surface area contributed by atoms with Crippen LogP contribution in [0.5, 0.6) is 0 Å². The Morgan fingerprint density at radius 3 is 2.68 bits per heavy atom. The molecule has 0 spiro atoms. The normalized spacial score (nSPS) is 14.3. The van der Waals surface area contributed by atoms with Gasteiger partial charge in [0.05, 0.1) is 17.5 Å². The Labute approximate surface area is 181 Å². The average molecular weight is 421 g/mol. The number of benzene rings is 2. The Balaban J connectivity index is 1.61. The highest BCUT2D eigenvalue weighted by molar-refractivity contribution is 5.97. The van der Waals surface area contributed by atoms with Crippen LogP contribution in [0.1, 0.15) is 28.7 Å². The number of likely N-dealkylation sites (N-methyl/N-ethyl adjacent to an activating group) is 1. The number of aliphatic hydroxyl groups is 1. The van der Waals surface area contributed by atoms with Gasteiger partial charge >= 0.3 is 0 Å². The minimum Gasteiger partial charge on any atom is -0.395 e. The third-order valence-corrected chi connectivity index (χ3v) is 5.86. The SMILES string of the molecule is CCN(CCO)C(=O)c1ccc2c(=O)n3c(nc2c1)CCN(Cc1ccccc1)CC3. The number of carbonyl (C=O) groups excluding carboxylic acids is 1. The van der Waals surface area contributed by atoms with Crippen LogP contribution in [0.25, 0.3) is 10.9 Å². The van der Waals surface area contributed by atoms with E-state index in [1.165, 1.54) is 5.56 Å². The Morgan fingerprint density at radius 1 is 1.13 bits per heavy atom. The second kappa shape index (κ2) is 9.41. The highest BCUT2D eigenvalue weighted by Gasteiger charge is 2.20. The standard InChI is InChI=1S/C24H28N4O3/c1-2-27(14-15-29)23(30)19-8-9-20-21(16-19)25-22-10-11-26(12-13-28(22)24(20)31)17-18-6-4-3-5-7-18/h3-9,16,29H,2,10-15,17H2,1H3. The third-order valence-electron chi connectivity index (χ3n) is 5.86. The van der Waals surface area contributed by atoms with Gasteiger partial charge in [-0.2, -0.15) is 0 Å². The third kappa shape index (κ3) is 4.52. The van der Waals surface area contributed by atoms with Gasteiger partial charge in [0.15, 0.2) is 0 Å². The maximum absolute atomic E-state index is 13.1. The number of amides is 1. The maximum Gasteiger partial charge on any atom is 0.261 e. The van der Waals surface area contributed by atoms with Crippen molar-refractivity contribution in [3.8, 4) is 0 Å². The number of rotatable bonds is 6. The fourth-order valence-electron chi connectivity index (χ4n) is 4.14. The van der Waals surface area contributed by atoms with Crippen LogP contribution in [-0.2, 0) is 19.5 Å². The first kappa shape index (κ1) is 21.2. The minimum atomic E-state index is -0.163. The molecule has 0 fully saturated rings. The van der Waals surface area contributed by atoms with Crippen molar-refractivity contribution in [3.05, 3.63) is 75.8 Å². The molecule has 0 radical (unpaired) electrons. The van der Waals surface area contributed by atoms with E-state index in [1.54, 1.807) is 27.7 Å². The molecule has 2 aromatic carbocycles. The van der Waals surface area contributed by atoms with Gasteiger partial charge in [0.1, 0.15) is 5.82 Å². The van der Waals surface area contributed by atoms with Gasteiger partial charge in [-0.25, -0.2) is 4.98 Å². The number of carbonyl (C=O) groups is 1. The molecule has 1 N–H and O–H groups in total. The summed E-state index contributed by atoms with van der Waals surface area (Å²) in [6.07, 6.45) is 0.682. The van der Waals surface area contributed by atoms with Gasteiger partial charge in [0, 0.05) is 51.3 Å². The van der Waals surface area contributed by atoms with Gasteiger partial charge in [0.2, 0.25) is 0 Å². The molecule has 0 saturated carbocycles. The minimum absolute atomic E-state index is 0.0525. The summed E-state index contributed by atoms with van der Waals surface area (Å²) in [5.41, 5.74) is 2.24. The second-order valence-corrected chi connectivity index (χ2v) is 7.84. The molecule has 0 aliphatic carbocycles. The lowest BCUT2D eigenvalue weighted by atomic mass is 10.1. The molecule has 1 aliphatic rings. The number of hydrogen-bond donors (Lipinski definition) is 1. The van der Waals surface area contributed by atoms with E-state index in [0.717, 1.165) is 25.5 Å². The van der Waals surface area contributed by atoms with Crippen molar-refractivity contribution in [2.24, 2.45) is 0 Å². The maximum atomic E-state index is 13.1. The molecule has 3 aromatic rings. The lowest BCUT2D eigenvalue weighted by Crippen LogP contribution is -2.33. The zero-order valence-corrected chi connectivity index (χ0v) is 17.8. The quantitative estimate of drug-likeness (QED) is 0.659. The van der Waals surface area contributed by atoms with Gasteiger partial charge in [-0.3, -0.25) is 19.1 Å². The molecule has 1 amide bonds. The summed E-state index contributed by atoms with van der Waals surface area (Å²) >= 11 is 0. The van der Waals surface area contributed by atoms with Crippen LogP contribution in [0.3, 0.4) is 0 Å². The summed E-state index contributed by atoms with van der Waals surface area (Å²) in [5, 5.41) is 9.72. The monoisotopic (exact) mass is 420 g/mol. The molecule has 1 aromatic heterocycles. The summed E-state index contributed by atoms with van der Waals surface area (Å²) in [7, 11) is 0. The predicted molar refractivity (Wildman–Crippen MR) is 120 cm³/mol. The van der Waals surface area contributed by atoms with Crippen LogP contribution in [0.4, 0.5) is 0 Å². The number of hydrogen-bond acceptors (Lipinski definition) is 5. The molecule has 0 bridgehead atoms. The van der Waals surface area contributed by atoms with Crippen molar-refractivity contribution in [2.45, 2.75) is 26.4 Å². The largest absolute Gasteiger partial charge is 0.395 e. The van der Waals surface area contributed by atoms with E-state index in [1.807, 2.05) is 25.1 Å². The zero-order valence-electron chi connectivity index (χ0n) is 17.8. The van der Waals surface area contributed by atoms with E-state index in [-0.39, 0.29) is 24.6 Å². The molecule has 7 heteroatoms. The van der Waals surface area contributed by atoms with Crippen molar-refractivity contribution >= 4 is 16.8 Å². The zero-order chi connectivity index (χ0) is 21.8.